The average Bonchev–Trinajstić information content (AvgIpc) is 2.38. The number of cyclic esters (lactones) is 1. The van der Waals surface area contributed by atoms with Gasteiger partial charge in [0.2, 0.25) is 0 Å². The van der Waals surface area contributed by atoms with Gasteiger partial charge in [0.25, 0.3) is 0 Å². The molecule has 1 aromatic carbocycles. The quantitative estimate of drug-likeness (QED) is 0.860. The van der Waals surface area contributed by atoms with E-state index in [-0.39, 0.29) is 12.2 Å². The molecule has 1 amide bonds. The molecule has 0 radical (unpaired) electrons. The van der Waals surface area contributed by atoms with Crippen molar-refractivity contribution in [2.45, 2.75) is 12.5 Å². The molecule has 5 heteroatoms. The van der Waals surface area contributed by atoms with E-state index in [4.69, 9.17) is 15.2 Å². The minimum atomic E-state index is -0.365. The molecule has 1 aliphatic rings. The Morgan fingerprint density at radius 3 is 2.94 bits per heavy atom. The van der Waals surface area contributed by atoms with Crippen molar-refractivity contribution >= 4 is 11.8 Å². The fraction of sp³-hybridized carbons (Fsp3) is 0.417. The molecule has 0 aliphatic carbocycles. The number of nitrogens with zero attached hydrogens (tertiary/aromatic N) is 1. The first kappa shape index (κ1) is 11.7. The van der Waals surface area contributed by atoms with Crippen molar-refractivity contribution in [2.75, 3.05) is 25.1 Å². The minimum absolute atomic E-state index is 0.173. The zero-order valence-electron chi connectivity index (χ0n) is 9.76. The van der Waals surface area contributed by atoms with Gasteiger partial charge in [-0.1, -0.05) is 12.1 Å². The Morgan fingerprint density at radius 1 is 1.53 bits per heavy atom. The molecule has 5 nitrogen and oxygen atoms in total. The lowest BCUT2D eigenvalue weighted by Crippen LogP contribution is -2.44. The summed E-state index contributed by atoms with van der Waals surface area (Å²) < 4.78 is 10.4. The normalized spacial score (nSPS) is 20.0. The number of para-hydroxylation sites is 2. The molecule has 1 aliphatic heterocycles. The van der Waals surface area contributed by atoms with Crippen molar-refractivity contribution in [1.82, 2.24) is 0 Å². The maximum atomic E-state index is 11.8. The SMILES string of the molecule is COc1ccccc1N1CCC(CN)OC1=O. The van der Waals surface area contributed by atoms with Gasteiger partial charge in [-0.15, -0.1) is 0 Å². The summed E-state index contributed by atoms with van der Waals surface area (Å²) in [6.07, 6.45) is 0.199. The predicted molar refractivity (Wildman–Crippen MR) is 64.3 cm³/mol. The third-order valence-corrected chi connectivity index (χ3v) is 2.80. The van der Waals surface area contributed by atoms with Gasteiger partial charge in [0.15, 0.2) is 0 Å². The van der Waals surface area contributed by atoms with Crippen molar-refractivity contribution in [2.24, 2.45) is 5.73 Å². The van der Waals surface area contributed by atoms with Crippen molar-refractivity contribution in [3.05, 3.63) is 24.3 Å². The second-order valence-electron chi connectivity index (χ2n) is 3.85. The molecular formula is C12H16N2O3. The van der Waals surface area contributed by atoms with Crippen molar-refractivity contribution in [1.29, 1.82) is 0 Å². The zero-order valence-corrected chi connectivity index (χ0v) is 9.76. The van der Waals surface area contributed by atoms with Gasteiger partial charge in [-0.05, 0) is 12.1 Å². The maximum Gasteiger partial charge on any atom is 0.414 e. The van der Waals surface area contributed by atoms with Crippen LogP contribution in [-0.4, -0.2) is 32.4 Å². The Morgan fingerprint density at radius 2 is 2.29 bits per heavy atom. The third kappa shape index (κ3) is 2.34. The van der Waals surface area contributed by atoms with E-state index in [1.54, 1.807) is 12.0 Å². The summed E-state index contributed by atoms with van der Waals surface area (Å²) in [5, 5.41) is 0. The molecule has 0 saturated carbocycles. The van der Waals surface area contributed by atoms with Crippen LogP contribution in [0.15, 0.2) is 24.3 Å². The number of rotatable bonds is 3. The summed E-state index contributed by atoms with van der Waals surface area (Å²) >= 11 is 0. The van der Waals surface area contributed by atoms with Crippen LogP contribution in [0.2, 0.25) is 0 Å². The fourth-order valence-electron chi connectivity index (χ4n) is 1.87. The minimum Gasteiger partial charge on any atom is -0.495 e. The van der Waals surface area contributed by atoms with Crippen LogP contribution in [0.3, 0.4) is 0 Å². The summed E-state index contributed by atoms with van der Waals surface area (Å²) in [4.78, 5) is 13.4. The number of carbonyl (C=O) groups is 1. The van der Waals surface area contributed by atoms with Crippen LogP contribution < -0.4 is 15.4 Å². The maximum absolute atomic E-state index is 11.8. The summed E-state index contributed by atoms with van der Waals surface area (Å²) in [5.74, 6) is 0.663. The standard InChI is InChI=1S/C12H16N2O3/c1-16-11-5-3-2-4-10(11)14-7-6-9(8-13)17-12(14)15/h2-5,9H,6-8,13H2,1H3. The first-order valence-electron chi connectivity index (χ1n) is 5.57. The Labute approximate surface area is 100 Å². The predicted octanol–water partition coefficient (Wildman–Crippen LogP) is 1.37. The number of amides is 1. The van der Waals surface area contributed by atoms with Crippen molar-refractivity contribution in [3.8, 4) is 5.75 Å². The first-order valence-corrected chi connectivity index (χ1v) is 5.57. The van der Waals surface area contributed by atoms with Crippen LogP contribution in [0.5, 0.6) is 5.75 Å². The summed E-state index contributed by atoms with van der Waals surface area (Å²) in [6, 6.07) is 7.38. The molecule has 0 bridgehead atoms. The second kappa shape index (κ2) is 5.05. The average molecular weight is 236 g/mol. The van der Waals surface area contributed by atoms with Gasteiger partial charge in [-0.3, -0.25) is 4.90 Å². The molecule has 1 saturated heterocycles. The van der Waals surface area contributed by atoms with E-state index in [1.807, 2.05) is 24.3 Å². The fourth-order valence-corrected chi connectivity index (χ4v) is 1.87. The van der Waals surface area contributed by atoms with Crippen molar-refractivity contribution in [3.63, 3.8) is 0 Å². The Hall–Kier alpha value is -1.75. The molecular weight excluding hydrogens is 220 g/mol. The van der Waals surface area contributed by atoms with E-state index in [0.29, 0.717) is 18.8 Å². The number of hydrogen-bond acceptors (Lipinski definition) is 4. The Bertz CT molecular complexity index is 408. The van der Waals surface area contributed by atoms with E-state index >= 15 is 0 Å². The molecule has 2 N–H and O–H groups in total. The summed E-state index contributed by atoms with van der Waals surface area (Å²) in [5.41, 5.74) is 6.22. The van der Waals surface area contributed by atoms with Crippen LogP contribution in [0.1, 0.15) is 6.42 Å². The lowest BCUT2D eigenvalue weighted by Gasteiger charge is -2.31. The molecule has 92 valence electrons. The van der Waals surface area contributed by atoms with E-state index in [0.717, 1.165) is 12.1 Å². The van der Waals surface area contributed by atoms with E-state index in [1.165, 1.54) is 0 Å². The third-order valence-electron chi connectivity index (χ3n) is 2.80. The summed E-state index contributed by atoms with van der Waals surface area (Å²) in [7, 11) is 1.58. The second-order valence-corrected chi connectivity index (χ2v) is 3.85. The number of carbonyl (C=O) groups excluding carboxylic acids is 1. The van der Waals surface area contributed by atoms with E-state index in [2.05, 4.69) is 0 Å². The molecule has 1 atom stereocenters. The number of benzene rings is 1. The van der Waals surface area contributed by atoms with Gasteiger partial charge < -0.3 is 15.2 Å². The Balaban J connectivity index is 2.20. The number of anilines is 1. The van der Waals surface area contributed by atoms with Crippen LogP contribution in [-0.2, 0) is 4.74 Å². The van der Waals surface area contributed by atoms with Crippen LogP contribution in [0.4, 0.5) is 10.5 Å². The van der Waals surface area contributed by atoms with Gasteiger partial charge in [0.05, 0.1) is 12.8 Å². The van der Waals surface area contributed by atoms with Crippen LogP contribution in [0.25, 0.3) is 0 Å². The molecule has 0 aromatic heterocycles. The molecule has 17 heavy (non-hydrogen) atoms. The van der Waals surface area contributed by atoms with Gasteiger partial charge >= 0.3 is 6.09 Å². The topological polar surface area (TPSA) is 64.8 Å². The number of ether oxygens (including phenoxy) is 2. The number of hydrogen-bond donors (Lipinski definition) is 1. The molecule has 2 rings (SSSR count). The van der Waals surface area contributed by atoms with Crippen LogP contribution >= 0.6 is 0 Å². The van der Waals surface area contributed by atoms with Crippen molar-refractivity contribution < 1.29 is 14.3 Å². The lowest BCUT2D eigenvalue weighted by molar-refractivity contribution is 0.0886. The van der Waals surface area contributed by atoms with Crippen LogP contribution in [0, 0.1) is 0 Å². The highest BCUT2D eigenvalue weighted by atomic mass is 16.6. The van der Waals surface area contributed by atoms with Gasteiger partial charge in [0, 0.05) is 19.5 Å². The monoisotopic (exact) mass is 236 g/mol. The summed E-state index contributed by atoms with van der Waals surface area (Å²) in [6.45, 7) is 0.965. The zero-order chi connectivity index (χ0) is 12.3. The van der Waals surface area contributed by atoms with Gasteiger partial charge in [0.1, 0.15) is 11.9 Å². The first-order chi connectivity index (χ1) is 8.26. The smallest absolute Gasteiger partial charge is 0.414 e. The highest BCUT2D eigenvalue weighted by molar-refractivity contribution is 5.90. The molecule has 1 fully saturated rings. The number of methoxy groups -OCH3 is 1. The van der Waals surface area contributed by atoms with Gasteiger partial charge in [-0.25, -0.2) is 4.79 Å². The lowest BCUT2D eigenvalue weighted by atomic mass is 10.2. The molecule has 1 heterocycles. The Kier molecular flexibility index (Phi) is 3.49. The number of nitrogens with two attached hydrogens (primary N) is 1. The largest absolute Gasteiger partial charge is 0.495 e. The molecule has 0 spiro atoms. The molecule has 1 aromatic rings. The molecule has 1 unspecified atom stereocenters. The van der Waals surface area contributed by atoms with Gasteiger partial charge in [-0.2, -0.15) is 0 Å². The van der Waals surface area contributed by atoms with E-state index in [9.17, 15) is 4.79 Å². The highest BCUT2D eigenvalue weighted by Gasteiger charge is 2.28. The highest BCUT2D eigenvalue weighted by Crippen LogP contribution is 2.30. The van der Waals surface area contributed by atoms with E-state index < -0.39 is 0 Å².